The van der Waals surface area contributed by atoms with Crippen LogP contribution in [0.4, 0.5) is 0 Å². The Hall–Kier alpha value is 0.0969. The van der Waals surface area contributed by atoms with E-state index in [0.29, 0.717) is 0 Å². The lowest BCUT2D eigenvalue weighted by atomic mass is 10.0. The van der Waals surface area contributed by atoms with Gasteiger partial charge in [-0.15, -0.1) is 0 Å². The number of hydrogen-bond donors (Lipinski definition) is 0. The van der Waals surface area contributed by atoms with Gasteiger partial charge in [0.1, 0.15) is 0 Å². The quantitative estimate of drug-likeness (QED) is 0.169. The van der Waals surface area contributed by atoms with Crippen LogP contribution in [-0.2, 0) is 8.85 Å². The Kier molecular flexibility index (Phi) is 15.8. The summed E-state index contributed by atoms with van der Waals surface area (Å²) >= 11 is 0. The first kappa shape index (κ1) is 25.1. The van der Waals surface area contributed by atoms with Crippen molar-refractivity contribution in [1.29, 1.82) is 0 Å². The standard InChI is InChI=1S/C23H49NO2Si/c1-4-5-6-7-8-9-10-11-12-13-14-15-16-17-18-19-21-24-22-20-23-27(24,25-2)26-3/h4-23H2,1-3H3. The monoisotopic (exact) mass is 399 g/mol. The molecule has 0 saturated carbocycles. The van der Waals surface area contributed by atoms with Crippen molar-refractivity contribution in [2.75, 3.05) is 27.3 Å². The highest BCUT2D eigenvalue weighted by Gasteiger charge is 2.46. The average molecular weight is 400 g/mol. The summed E-state index contributed by atoms with van der Waals surface area (Å²) in [6.07, 6.45) is 24.1. The first-order chi connectivity index (χ1) is 13.3. The molecule has 0 aromatic rings. The molecular weight excluding hydrogens is 350 g/mol. The minimum atomic E-state index is -1.99. The molecule has 0 N–H and O–H groups in total. The molecule has 3 nitrogen and oxygen atoms in total. The number of unbranched alkanes of at least 4 members (excludes halogenated alkanes) is 15. The molecular formula is C23H49NO2Si. The van der Waals surface area contributed by atoms with E-state index in [2.05, 4.69) is 11.5 Å². The van der Waals surface area contributed by atoms with Crippen molar-refractivity contribution >= 4 is 8.72 Å². The molecule has 1 aliphatic rings. The van der Waals surface area contributed by atoms with Crippen molar-refractivity contribution < 1.29 is 8.85 Å². The molecule has 162 valence electrons. The lowest BCUT2D eigenvalue weighted by Crippen LogP contribution is -2.53. The Balaban J connectivity index is 1.81. The van der Waals surface area contributed by atoms with Gasteiger partial charge in [-0.25, -0.2) is 0 Å². The highest BCUT2D eigenvalue weighted by Crippen LogP contribution is 2.27. The van der Waals surface area contributed by atoms with Crippen LogP contribution in [0, 0.1) is 0 Å². The summed E-state index contributed by atoms with van der Waals surface area (Å²) in [5, 5.41) is 0. The zero-order valence-electron chi connectivity index (χ0n) is 18.9. The SMILES string of the molecule is CCCCCCCCCCCCCCCCCCN1CCC[Si]1(OC)OC. The predicted octanol–water partition coefficient (Wildman–Crippen LogP) is 7.19. The molecule has 1 fully saturated rings. The zero-order chi connectivity index (χ0) is 19.6. The van der Waals surface area contributed by atoms with Gasteiger partial charge in [-0.2, -0.15) is 0 Å². The summed E-state index contributed by atoms with van der Waals surface area (Å²) in [7, 11) is 1.68. The second-order valence-electron chi connectivity index (χ2n) is 8.51. The Morgan fingerprint density at radius 1 is 0.630 bits per heavy atom. The topological polar surface area (TPSA) is 21.7 Å². The molecule has 4 heteroatoms. The van der Waals surface area contributed by atoms with Gasteiger partial charge in [0, 0.05) is 20.3 Å². The largest absolute Gasteiger partial charge is 0.427 e. The van der Waals surface area contributed by atoms with Crippen LogP contribution in [0.5, 0.6) is 0 Å². The Labute approximate surface area is 171 Å². The van der Waals surface area contributed by atoms with E-state index < -0.39 is 8.72 Å². The predicted molar refractivity (Wildman–Crippen MR) is 120 cm³/mol. The second-order valence-corrected chi connectivity index (χ2v) is 11.9. The molecule has 0 aromatic carbocycles. The van der Waals surface area contributed by atoms with E-state index in [1.54, 1.807) is 0 Å². The molecule has 0 amide bonds. The summed E-state index contributed by atoms with van der Waals surface area (Å²) < 4.78 is 14.1. The van der Waals surface area contributed by atoms with Crippen molar-refractivity contribution in [3.8, 4) is 0 Å². The summed E-state index contributed by atoms with van der Waals surface area (Å²) in [6.45, 7) is 4.64. The van der Waals surface area contributed by atoms with E-state index in [4.69, 9.17) is 8.85 Å². The first-order valence-corrected chi connectivity index (χ1v) is 14.1. The van der Waals surface area contributed by atoms with E-state index in [1.807, 2.05) is 14.2 Å². The molecule has 0 atom stereocenters. The number of rotatable bonds is 19. The average Bonchev–Trinajstić information content (AvgIpc) is 3.11. The van der Waals surface area contributed by atoms with Crippen molar-refractivity contribution in [3.63, 3.8) is 0 Å². The van der Waals surface area contributed by atoms with Gasteiger partial charge < -0.3 is 8.85 Å². The molecule has 1 heterocycles. The molecule has 0 spiro atoms. The Morgan fingerprint density at radius 2 is 1.04 bits per heavy atom. The maximum Gasteiger partial charge on any atom is 0.427 e. The van der Waals surface area contributed by atoms with Crippen LogP contribution in [0.25, 0.3) is 0 Å². The van der Waals surface area contributed by atoms with Gasteiger partial charge in [-0.3, -0.25) is 4.57 Å². The normalized spacial score (nSPS) is 17.0. The van der Waals surface area contributed by atoms with Crippen LogP contribution < -0.4 is 0 Å². The Morgan fingerprint density at radius 3 is 1.44 bits per heavy atom. The molecule has 1 rings (SSSR count). The molecule has 0 radical (unpaired) electrons. The smallest absolute Gasteiger partial charge is 0.386 e. The highest BCUT2D eigenvalue weighted by atomic mass is 28.4. The lowest BCUT2D eigenvalue weighted by Gasteiger charge is -2.31. The van der Waals surface area contributed by atoms with Crippen molar-refractivity contribution in [2.24, 2.45) is 0 Å². The van der Waals surface area contributed by atoms with Crippen molar-refractivity contribution in [3.05, 3.63) is 0 Å². The molecule has 0 aromatic heterocycles. The van der Waals surface area contributed by atoms with Crippen LogP contribution >= 0.6 is 0 Å². The van der Waals surface area contributed by atoms with Crippen LogP contribution in [0.2, 0.25) is 6.04 Å². The lowest BCUT2D eigenvalue weighted by molar-refractivity contribution is 0.181. The third-order valence-corrected chi connectivity index (χ3v) is 9.99. The van der Waals surface area contributed by atoms with E-state index in [-0.39, 0.29) is 0 Å². The van der Waals surface area contributed by atoms with E-state index in [0.717, 1.165) is 6.04 Å². The summed E-state index contributed by atoms with van der Waals surface area (Å²) in [6, 6.07) is 1.14. The van der Waals surface area contributed by atoms with Crippen LogP contribution in [0.15, 0.2) is 0 Å². The summed E-state index contributed by atoms with van der Waals surface area (Å²) in [4.78, 5) is 0. The van der Waals surface area contributed by atoms with Gasteiger partial charge in [0.05, 0.1) is 0 Å². The minimum absolute atomic E-state index is 1.14. The third kappa shape index (κ3) is 11.0. The minimum Gasteiger partial charge on any atom is -0.386 e. The summed E-state index contributed by atoms with van der Waals surface area (Å²) in [5.41, 5.74) is 0. The van der Waals surface area contributed by atoms with Crippen LogP contribution in [0.3, 0.4) is 0 Å². The van der Waals surface area contributed by atoms with Gasteiger partial charge >= 0.3 is 8.72 Å². The van der Waals surface area contributed by atoms with Gasteiger partial charge in [0.25, 0.3) is 0 Å². The van der Waals surface area contributed by atoms with E-state index in [9.17, 15) is 0 Å². The number of hydrogen-bond acceptors (Lipinski definition) is 3. The first-order valence-electron chi connectivity index (χ1n) is 12.1. The maximum absolute atomic E-state index is 5.78. The third-order valence-electron chi connectivity index (χ3n) is 6.32. The second kappa shape index (κ2) is 17.0. The molecule has 1 aliphatic heterocycles. The Bertz CT molecular complexity index is 324. The summed E-state index contributed by atoms with van der Waals surface area (Å²) in [5.74, 6) is 0. The van der Waals surface area contributed by atoms with Crippen molar-refractivity contribution in [2.45, 2.75) is 122 Å². The van der Waals surface area contributed by atoms with Crippen LogP contribution in [-0.4, -0.2) is 40.6 Å². The van der Waals surface area contributed by atoms with Gasteiger partial charge in [-0.1, -0.05) is 103 Å². The van der Waals surface area contributed by atoms with Crippen LogP contribution in [0.1, 0.15) is 116 Å². The fraction of sp³-hybridized carbons (Fsp3) is 1.00. The van der Waals surface area contributed by atoms with Gasteiger partial charge in [0.2, 0.25) is 0 Å². The van der Waals surface area contributed by atoms with Gasteiger partial charge in [-0.05, 0) is 25.9 Å². The van der Waals surface area contributed by atoms with E-state index >= 15 is 0 Å². The molecule has 0 unspecified atom stereocenters. The molecule has 1 saturated heterocycles. The molecule has 27 heavy (non-hydrogen) atoms. The number of nitrogens with zero attached hydrogens (tertiary/aromatic N) is 1. The zero-order valence-corrected chi connectivity index (χ0v) is 19.9. The van der Waals surface area contributed by atoms with Crippen molar-refractivity contribution in [1.82, 2.24) is 4.57 Å². The fourth-order valence-corrected chi connectivity index (χ4v) is 7.51. The molecule has 0 bridgehead atoms. The van der Waals surface area contributed by atoms with E-state index in [1.165, 1.54) is 122 Å². The maximum atomic E-state index is 5.78. The highest BCUT2D eigenvalue weighted by molar-refractivity contribution is 6.65. The molecule has 0 aliphatic carbocycles. The van der Waals surface area contributed by atoms with Gasteiger partial charge in [0.15, 0.2) is 0 Å². The fourth-order valence-electron chi connectivity index (χ4n) is 4.50.